The van der Waals surface area contributed by atoms with E-state index in [4.69, 9.17) is 14.5 Å². The maximum Gasteiger partial charge on any atom is 0.229 e. The second-order valence-electron chi connectivity index (χ2n) is 5.98. The quantitative estimate of drug-likeness (QED) is 0.861. The Morgan fingerprint density at radius 2 is 2.04 bits per heavy atom. The Kier molecular flexibility index (Phi) is 5.07. The smallest absolute Gasteiger partial charge is 0.229 e. The van der Waals surface area contributed by atoms with Crippen LogP contribution < -0.4 is 19.7 Å². The highest BCUT2D eigenvalue weighted by molar-refractivity contribution is 5.70. The van der Waals surface area contributed by atoms with Crippen LogP contribution in [0.3, 0.4) is 0 Å². The normalized spacial score (nSPS) is 14.0. The summed E-state index contributed by atoms with van der Waals surface area (Å²) in [6.45, 7) is 5.27. The van der Waals surface area contributed by atoms with Crippen molar-refractivity contribution in [1.29, 1.82) is 0 Å². The molecule has 0 fully saturated rings. The molecule has 1 N–H and O–H groups in total. The minimum Gasteiger partial charge on any atom is -0.493 e. The summed E-state index contributed by atoms with van der Waals surface area (Å²) in [6, 6.07) is 6.06. The lowest BCUT2D eigenvalue weighted by molar-refractivity contribution is 0.355. The predicted molar refractivity (Wildman–Crippen MR) is 101 cm³/mol. The van der Waals surface area contributed by atoms with Gasteiger partial charge in [0.25, 0.3) is 0 Å². The first-order chi connectivity index (χ1) is 12.2. The van der Waals surface area contributed by atoms with Gasteiger partial charge in [-0.2, -0.15) is 4.98 Å². The summed E-state index contributed by atoms with van der Waals surface area (Å²) in [5.41, 5.74) is 1.89. The van der Waals surface area contributed by atoms with E-state index in [0.717, 1.165) is 30.0 Å². The van der Waals surface area contributed by atoms with Crippen molar-refractivity contribution >= 4 is 23.5 Å². The van der Waals surface area contributed by atoms with Crippen molar-refractivity contribution in [2.24, 2.45) is 0 Å². The summed E-state index contributed by atoms with van der Waals surface area (Å²) in [6.07, 6.45) is 7.15. The fourth-order valence-electron chi connectivity index (χ4n) is 2.82. The van der Waals surface area contributed by atoms with Crippen molar-refractivity contribution < 1.29 is 9.47 Å². The summed E-state index contributed by atoms with van der Waals surface area (Å²) in [5, 5.41) is 3.25. The van der Waals surface area contributed by atoms with Crippen molar-refractivity contribution in [3.63, 3.8) is 0 Å². The monoisotopic (exact) mass is 340 g/mol. The number of aromatic nitrogens is 2. The highest BCUT2D eigenvalue weighted by atomic mass is 16.5. The molecule has 3 rings (SSSR count). The largest absolute Gasteiger partial charge is 0.493 e. The Labute approximate surface area is 148 Å². The van der Waals surface area contributed by atoms with E-state index >= 15 is 0 Å². The van der Waals surface area contributed by atoms with Crippen LogP contribution in [0.1, 0.15) is 25.8 Å². The molecule has 0 amide bonds. The van der Waals surface area contributed by atoms with Gasteiger partial charge in [-0.1, -0.05) is 19.1 Å². The summed E-state index contributed by atoms with van der Waals surface area (Å²) < 4.78 is 10.6. The third kappa shape index (κ3) is 3.52. The van der Waals surface area contributed by atoms with Crippen LogP contribution in [0, 0.1) is 0 Å². The SMILES string of the molecule is CCC(C)N1CC=Cc2cnc(Nc3ccc(OC)c(OC)c3)nc21. The molecular formula is C19H24N4O2. The number of benzene rings is 1. The highest BCUT2D eigenvalue weighted by Gasteiger charge is 2.20. The van der Waals surface area contributed by atoms with Gasteiger partial charge in [-0.25, -0.2) is 4.98 Å². The first-order valence-electron chi connectivity index (χ1n) is 8.45. The molecule has 1 aromatic heterocycles. The number of nitrogens with zero attached hydrogens (tertiary/aromatic N) is 3. The van der Waals surface area contributed by atoms with Gasteiger partial charge in [0, 0.05) is 36.1 Å². The van der Waals surface area contributed by atoms with E-state index in [-0.39, 0.29) is 0 Å². The van der Waals surface area contributed by atoms with Gasteiger partial charge in [0.2, 0.25) is 5.95 Å². The van der Waals surface area contributed by atoms with E-state index in [1.807, 2.05) is 24.4 Å². The molecule has 0 aliphatic carbocycles. The predicted octanol–water partition coefficient (Wildman–Crippen LogP) is 3.87. The Balaban J connectivity index is 1.88. The number of methoxy groups -OCH3 is 2. The molecule has 1 atom stereocenters. The van der Waals surface area contributed by atoms with E-state index in [1.54, 1.807) is 14.2 Å². The lowest BCUT2D eigenvalue weighted by Gasteiger charge is -2.32. The van der Waals surface area contributed by atoms with E-state index in [1.165, 1.54) is 0 Å². The first-order valence-corrected chi connectivity index (χ1v) is 8.45. The van der Waals surface area contributed by atoms with Crippen LogP contribution in [0.4, 0.5) is 17.5 Å². The lowest BCUT2D eigenvalue weighted by Crippen LogP contribution is -2.35. The summed E-state index contributed by atoms with van der Waals surface area (Å²) in [4.78, 5) is 11.5. The third-order valence-electron chi connectivity index (χ3n) is 4.43. The van der Waals surface area contributed by atoms with E-state index in [9.17, 15) is 0 Å². The number of anilines is 3. The van der Waals surface area contributed by atoms with Crippen molar-refractivity contribution in [3.8, 4) is 11.5 Å². The van der Waals surface area contributed by atoms with Gasteiger partial charge in [0.15, 0.2) is 11.5 Å². The van der Waals surface area contributed by atoms with Crippen LogP contribution in [-0.4, -0.2) is 36.8 Å². The number of ether oxygens (including phenoxy) is 2. The van der Waals surface area contributed by atoms with Gasteiger partial charge in [-0.3, -0.25) is 0 Å². The first kappa shape index (κ1) is 17.1. The Morgan fingerprint density at radius 3 is 2.76 bits per heavy atom. The molecule has 0 saturated heterocycles. The maximum atomic E-state index is 5.35. The fourth-order valence-corrected chi connectivity index (χ4v) is 2.82. The zero-order valence-corrected chi connectivity index (χ0v) is 15.1. The van der Waals surface area contributed by atoms with Crippen molar-refractivity contribution in [3.05, 3.63) is 36.0 Å². The van der Waals surface area contributed by atoms with Crippen LogP contribution in [0.15, 0.2) is 30.5 Å². The Hall–Kier alpha value is -2.76. The molecule has 1 aromatic carbocycles. The fraction of sp³-hybridized carbons (Fsp3) is 0.368. The minimum atomic E-state index is 0.424. The zero-order valence-electron chi connectivity index (χ0n) is 15.1. The number of rotatable bonds is 6. The van der Waals surface area contributed by atoms with Crippen LogP contribution in [0.2, 0.25) is 0 Å². The van der Waals surface area contributed by atoms with Crippen LogP contribution in [0.25, 0.3) is 6.08 Å². The molecule has 1 aliphatic rings. The van der Waals surface area contributed by atoms with Crippen LogP contribution >= 0.6 is 0 Å². The number of hydrogen-bond acceptors (Lipinski definition) is 6. The minimum absolute atomic E-state index is 0.424. The topological polar surface area (TPSA) is 59.5 Å². The second kappa shape index (κ2) is 7.42. The Morgan fingerprint density at radius 1 is 1.24 bits per heavy atom. The third-order valence-corrected chi connectivity index (χ3v) is 4.43. The number of nitrogens with one attached hydrogen (secondary N) is 1. The maximum absolute atomic E-state index is 5.35. The molecule has 0 radical (unpaired) electrons. The molecule has 132 valence electrons. The van der Waals surface area contributed by atoms with E-state index < -0.39 is 0 Å². The lowest BCUT2D eigenvalue weighted by atomic mass is 10.1. The van der Waals surface area contributed by atoms with E-state index in [0.29, 0.717) is 23.5 Å². The second-order valence-corrected chi connectivity index (χ2v) is 5.98. The molecule has 6 nitrogen and oxygen atoms in total. The molecular weight excluding hydrogens is 316 g/mol. The van der Waals surface area contributed by atoms with Gasteiger partial charge in [-0.15, -0.1) is 0 Å². The summed E-state index contributed by atoms with van der Waals surface area (Å²) >= 11 is 0. The molecule has 1 unspecified atom stereocenters. The standard InChI is InChI=1S/C19H24N4O2/c1-5-13(2)23-10-6-7-14-12-20-19(22-18(14)23)21-15-8-9-16(24-3)17(11-15)25-4/h6-9,11-13H,5,10H2,1-4H3,(H,20,21,22). The van der Waals surface area contributed by atoms with Crippen LogP contribution in [-0.2, 0) is 0 Å². The molecule has 0 saturated carbocycles. The molecule has 6 heteroatoms. The Bertz CT molecular complexity index is 776. The zero-order chi connectivity index (χ0) is 17.8. The summed E-state index contributed by atoms with van der Waals surface area (Å²) in [5.74, 6) is 2.88. The molecule has 2 heterocycles. The molecule has 0 spiro atoms. The van der Waals surface area contributed by atoms with Gasteiger partial charge < -0.3 is 19.7 Å². The van der Waals surface area contributed by atoms with Crippen LogP contribution in [0.5, 0.6) is 11.5 Å². The molecule has 2 aromatic rings. The van der Waals surface area contributed by atoms with Gasteiger partial charge in [-0.05, 0) is 25.5 Å². The number of fused-ring (bicyclic) bond motifs is 1. The van der Waals surface area contributed by atoms with Gasteiger partial charge >= 0.3 is 0 Å². The average Bonchev–Trinajstić information content (AvgIpc) is 2.66. The van der Waals surface area contributed by atoms with Crippen molar-refractivity contribution in [1.82, 2.24) is 9.97 Å². The van der Waals surface area contributed by atoms with Crippen molar-refractivity contribution in [2.75, 3.05) is 31.0 Å². The average molecular weight is 340 g/mol. The molecule has 25 heavy (non-hydrogen) atoms. The van der Waals surface area contributed by atoms with Crippen molar-refractivity contribution in [2.45, 2.75) is 26.3 Å². The highest BCUT2D eigenvalue weighted by Crippen LogP contribution is 2.32. The molecule has 0 bridgehead atoms. The molecule has 1 aliphatic heterocycles. The number of hydrogen-bond donors (Lipinski definition) is 1. The van der Waals surface area contributed by atoms with Gasteiger partial charge in [0.05, 0.1) is 14.2 Å². The summed E-state index contributed by atoms with van der Waals surface area (Å²) in [7, 11) is 3.24. The van der Waals surface area contributed by atoms with E-state index in [2.05, 4.69) is 41.2 Å². The van der Waals surface area contributed by atoms with Gasteiger partial charge in [0.1, 0.15) is 5.82 Å².